The Morgan fingerprint density at radius 2 is 2.00 bits per heavy atom. The highest BCUT2D eigenvalue weighted by atomic mass is 32.2. The van der Waals surface area contributed by atoms with Crippen molar-refractivity contribution >= 4 is 22.3 Å². The Morgan fingerprint density at radius 3 is 2.78 bits per heavy atom. The molecule has 14 heteroatoms. The quantitative estimate of drug-likeness (QED) is 0.292. The first-order valence-electron chi connectivity index (χ1n) is 17.1. The molecule has 2 saturated heterocycles. The van der Waals surface area contributed by atoms with E-state index in [1.54, 1.807) is 12.3 Å². The van der Waals surface area contributed by atoms with Crippen LogP contribution in [-0.4, -0.2) is 100 Å². The Bertz CT molecular complexity index is 1570. The van der Waals surface area contributed by atoms with Gasteiger partial charge in [0.2, 0.25) is 16.8 Å². The second-order valence-corrected chi connectivity index (χ2v) is 15.6. The normalized spacial score (nSPS) is 27.1. The number of hydrogen-bond acceptors (Lipinski definition) is 11. The second-order valence-electron chi connectivity index (χ2n) is 13.6. The van der Waals surface area contributed by atoms with Gasteiger partial charge in [0.15, 0.2) is 17.8 Å². The maximum atomic E-state index is 14.0. The number of amides is 1. The number of allylic oxidation sites excluding steroid dienone is 4. The zero-order valence-corrected chi connectivity index (χ0v) is 29.0. The molecule has 2 unspecified atom stereocenters. The van der Waals surface area contributed by atoms with Crippen LogP contribution in [0, 0.1) is 17.8 Å². The van der Waals surface area contributed by atoms with Crippen LogP contribution in [0.25, 0.3) is 0 Å². The van der Waals surface area contributed by atoms with Gasteiger partial charge >= 0.3 is 6.09 Å². The number of nitrogens with one attached hydrogen (secondary N) is 1. The number of ether oxygens (including phenoxy) is 6. The van der Waals surface area contributed by atoms with Crippen molar-refractivity contribution in [1.29, 1.82) is 0 Å². The van der Waals surface area contributed by atoms with Gasteiger partial charge in [0.1, 0.15) is 12.7 Å². The number of carbonyl (C=O) groups excluding carboxylic acids is 1. The van der Waals surface area contributed by atoms with E-state index in [1.165, 1.54) is 16.4 Å². The molecule has 1 amide bonds. The molecule has 1 aromatic rings. The molecule has 0 bridgehead atoms. The smallest absolute Gasteiger partial charge is 0.407 e. The van der Waals surface area contributed by atoms with Crippen molar-refractivity contribution in [2.75, 3.05) is 39.7 Å². The summed E-state index contributed by atoms with van der Waals surface area (Å²) >= 11 is 0. The minimum absolute atomic E-state index is 0.0159. The zero-order chi connectivity index (χ0) is 34.5. The van der Waals surface area contributed by atoms with Crippen LogP contribution in [0.3, 0.4) is 0 Å². The van der Waals surface area contributed by atoms with Crippen LogP contribution in [0.1, 0.15) is 46.5 Å². The third-order valence-corrected chi connectivity index (χ3v) is 11.2. The maximum absolute atomic E-state index is 14.0. The first-order valence-corrected chi connectivity index (χ1v) is 18.5. The number of aliphatic hydroxyl groups excluding tert-OH is 1. The molecule has 1 aromatic carbocycles. The van der Waals surface area contributed by atoms with E-state index in [4.69, 9.17) is 28.4 Å². The van der Waals surface area contributed by atoms with Gasteiger partial charge < -0.3 is 38.8 Å². The number of carbonyl (C=O) groups is 1. The Labute approximate surface area is 288 Å². The average molecular weight is 702 g/mol. The predicted molar refractivity (Wildman–Crippen MR) is 180 cm³/mol. The number of fused-ring (bicyclic) bond motifs is 2. The van der Waals surface area contributed by atoms with Crippen molar-refractivity contribution in [2.24, 2.45) is 22.7 Å². The molecule has 0 aromatic heterocycles. The van der Waals surface area contributed by atoms with Crippen molar-refractivity contribution in [3.05, 3.63) is 53.8 Å². The summed E-state index contributed by atoms with van der Waals surface area (Å²) in [5.74, 6) is 1.63. The maximum Gasteiger partial charge on any atom is 0.407 e. The molecule has 0 saturated carbocycles. The molecule has 4 aliphatic heterocycles. The topological polar surface area (TPSA) is 154 Å². The molecule has 5 aliphatic rings. The molecular weight excluding hydrogens is 654 g/mol. The fraction of sp³-hybridized carbons (Fsp3) is 0.600. The summed E-state index contributed by atoms with van der Waals surface area (Å²) in [4.78, 5) is 17.8. The van der Waals surface area contributed by atoms with E-state index in [-0.39, 0.29) is 67.9 Å². The third kappa shape index (κ3) is 8.66. The first-order chi connectivity index (χ1) is 23.6. The van der Waals surface area contributed by atoms with E-state index < -0.39 is 34.4 Å². The number of aliphatic hydroxyl groups is 1. The van der Waals surface area contributed by atoms with Crippen LogP contribution >= 0.6 is 0 Å². The molecule has 0 spiro atoms. The third-order valence-electron chi connectivity index (χ3n) is 9.34. The number of benzene rings is 1. The average Bonchev–Trinajstić information content (AvgIpc) is 3.83. The number of alkyl carbamates (subject to hydrolysis) is 1. The Morgan fingerprint density at radius 1 is 1.16 bits per heavy atom. The van der Waals surface area contributed by atoms with Crippen LogP contribution in [0.5, 0.6) is 11.5 Å². The van der Waals surface area contributed by atoms with Gasteiger partial charge in [0.05, 0.1) is 48.0 Å². The van der Waals surface area contributed by atoms with Crippen molar-refractivity contribution in [1.82, 2.24) is 9.62 Å². The van der Waals surface area contributed by atoms with Gasteiger partial charge in [-0.05, 0) is 55.9 Å². The number of dihydropyridines is 1. The first kappa shape index (κ1) is 35.4. The lowest BCUT2D eigenvalue weighted by molar-refractivity contribution is -0.0907. The number of aliphatic imine (C=N–C) groups is 1. The van der Waals surface area contributed by atoms with Crippen LogP contribution in [0.4, 0.5) is 4.79 Å². The number of hydrogen-bond donors (Lipinski definition) is 2. The van der Waals surface area contributed by atoms with Gasteiger partial charge in [-0.15, -0.1) is 0 Å². The molecule has 2 N–H and O–H groups in total. The van der Waals surface area contributed by atoms with Gasteiger partial charge in [-0.3, -0.25) is 4.99 Å². The fourth-order valence-electron chi connectivity index (χ4n) is 6.74. The minimum Gasteiger partial charge on any atom is -0.495 e. The Kier molecular flexibility index (Phi) is 11.3. The zero-order valence-electron chi connectivity index (χ0n) is 28.2. The van der Waals surface area contributed by atoms with Crippen LogP contribution < -0.4 is 14.8 Å². The monoisotopic (exact) mass is 701 g/mol. The van der Waals surface area contributed by atoms with E-state index in [0.29, 0.717) is 31.1 Å². The van der Waals surface area contributed by atoms with E-state index in [2.05, 4.69) is 23.3 Å². The van der Waals surface area contributed by atoms with Crippen molar-refractivity contribution in [2.45, 2.75) is 81.9 Å². The second kappa shape index (κ2) is 15.6. The van der Waals surface area contributed by atoms with Crippen LogP contribution in [-0.2, 0) is 29.0 Å². The summed E-state index contributed by atoms with van der Waals surface area (Å²) < 4.78 is 63.1. The SMILES string of the molecule is CC(C)CN(C[C@@H](O)[C@H](CC1=CC=C(OCC2CC=CC=N2)C(C)C1)NC(=O)O[C@H]1CO[C@H]2OCC[C@H]21)S(=O)(=O)c1ccc2c(c1)OCO2. The number of rotatable bonds is 14. The van der Waals surface area contributed by atoms with Crippen molar-refractivity contribution in [3.8, 4) is 11.5 Å². The Balaban J connectivity index is 1.18. The molecule has 13 nitrogen and oxygen atoms in total. The summed E-state index contributed by atoms with van der Waals surface area (Å²) in [6.45, 7) is 7.04. The van der Waals surface area contributed by atoms with Gasteiger partial charge in [0, 0.05) is 31.3 Å². The summed E-state index contributed by atoms with van der Waals surface area (Å²) in [6.07, 6.45) is 9.31. The van der Waals surface area contributed by atoms with Crippen molar-refractivity contribution in [3.63, 3.8) is 0 Å². The highest BCUT2D eigenvalue weighted by Gasteiger charge is 2.44. The molecular formula is C35H47N3O10S. The fourth-order valence-corrected chi connectivity index (χ4v) is 8.37. The molecule has 7 atom stereocenters. The van der Waals surface area contributed by atoms with E-state index in [9.17, 15) is 18.3 Å². The lowest BCUT2D eigenvalue weighted by Gasteiger charge is -2.32. The summed E-state index contributed by atoms with van der Waals surface area (Å²) in [5, 5.41) is 14.6. The Hall–Kier alpha value is -3.43. The molecule has 4 heterocycles. The van der Waals surface area contributed by atoms with Gasteiger partial charge in [0.25, 0.3) is 0 Å². The molecule has 49 heavy (non-hydrogen) atoms. The predicted octanol–water partition coefficient (Wildman–Crippen LogP) is 3.94. The summed E-state index contributed by atoms with van der Waals surface area (Å²) in [7, 11) is -4.06. The highest BCUT2D eigenvalue weighted by Crippen LogP contribution is 2.36. The summed E-state index contributed by atoms with van der Waals surface area (Å²) in [6, 6.07) is 3.69. The van der Waals surface area contributed by atoms with Crippen LogP contribution in [0.15, 0.2) is 63.7 Å². The van der Waals surface area contributed by atoms with Crippen LogP contribution in [0.2, 0.25) is 0 Å². The van der Waals surface area contributed by atoms with Gasteiger partial charge in [-0.2, -0.15) is 4.31 Å². The molecule has 0 radical (unpaired) electrons. The van der Waals surface area contributed by atoms with Gasteiger partial charge in [-0.1, -0.05) is 38.5 Å². The molecule has 2 fully saturated rings. The standard InChI is InChI=1S/C35H47N3O10S/c1-22(2)17-38(49(41,42)26-8-10-31-32(16-26)47-21-46-31)18-29(39)28(37-35(40)48-33-20-45-34-27(33)11-13-43-34)15-24-7-9-30(23(3)14-24)44-19-25-6-4-5-12-36-25/h4-5,7-10,12,16,22-23,25,27-29,33-34,39H,6,11,13-15,17-21H2,1-3H3,(H,37,40)/t23?,25?,27-,28-,29+,33-,34+/m0/s1. The van der Waals surface area contributed by atoms with E-state index in [1.807, 2.05) is 32.1 Å². The number of nitrogens with zero attached hydrogens (tertiary/aromatic N) is 2. The lowest BCUT2D eigenvalue weighted by Crippen LogP contribution is -2.51. The number of sulfonamides is 1. The largest absolute Gasteiger partial charge is 0.495 e. The van der Waals surface area contributed by atoms with Gasteiger partial charge in [-0.25, -0.2) is 13.2 Å². The molecule has 1 aliphatic carbocycles. The lowest BCUT2D eigenvalue weighted by atomic mass is 9.89. The summed E-state index contributed by atoms with van der Waals surface area (Å²) in [5.41, 5.74) is 0.977. The highest BCUT2D eigenvalue weighted by molar-refractivity contribution is 7.89. The van der Waals surface area contributed by atoms with E-state index >= 15 is 0 Å². The van der Waals surface area contributed by atoms with Crippen molar-refractivity contribution < 1.29 is 46.7 Å². The molecule has 6 rings (SSSR count). The minimum atomic E-state index is -4.06. The van der Waals surface area contributed by atoms with E-state index in [0.717, 1.165) is 24.2 Å². The molecule has 268 valence electrons.